The van der Waals surface area contributed by atoms with E-state index in [1.807, 2.05) is 60.7 Å². The molecule has 1 aliphatic heterocycles. The van der Waals surface area contributed by atoms with Crippen molar-refractivity contribution in [2.45, 2.75) is 11.7 Å². The number of hydrogen-bond donors (Lipinski definition) is 1. The lowest BCUT2D eigenvalue weighted by atomic mass is 9.84. The molecule has 2 unspecified atom stereocenters. The first-order chi connectivity index (χ1) is 9.74. The minimum atomic E-state index is -1.51. The predicted octanol–water partition coefficient (Wildman–Crippen LogP) is 3.13. The van der Waals surface area contributed by atoms with E-state index in [1.165, 1.54) is 0 Å². The Morgan fingerprint density at radius 2 is 1.65 bits per heavy atom. The molecule has 0 aliphatic carbocycles. The van der Waals surface area contributed by atoms with Gasteiger partial charge < -0.3 is 9.94 Å². The van der Waals surface area contributed by atoms with Crippen molar-refractivity contribution in [2.24, 2.45) is 5.16 Å². The highest BCUT2D eigenvalue weighted by atomic mass is 35.5. The van der Waals surface area contributed by atoms with Crippen LogP contribution in [0.25, 0.3) is 0 Å². The first-order valence-electron chi connectivity index (χ1n) is 6.39. The SMILES string of the molecule is OC1(CCl)ON=C(c2ccccc2)C1c1ccccc1. The van der Waals surface area contributed by atoms with Gasteiger partial charge in [0.1, 0.15) is 5.71 Å². The molecule has 0 bridgehead atoms. The van der Waals surface area contributed by atoms with Crippen LogP contribution < -0.4 is 0 Å². The molecule has 0 fully saturated rings. The summed E-state index contributed by atoms with van der Waals surface area (Å²) < 4.78 is 0. The molecule has 0 saturated heterocycles. The van der Waals surface area contributed by atoms with Crippen LogP contribution in [0.1, 0.15) is 17.0 Å². The minimum Gasteiger partial charge on any atom is -0.358 e. The van der Waals surface area contributed by atoms with E-state index in [0.29, 0.717) is 5.71 Å². The summed E-state index contributed by atoms with van der Waals surface area (Å²) in [6, 6.07) is 19.3. The summed E-state index contributed by atoms with van der Waals surface area (Å²) in [6.45, 7) is 0. The van der Waals surface area contributed by atoms with Gasteiger partial charge in [-0.2, -0.15) is 0 Å². The van der Waals surface area contributed by atoms with E-state index < -0.39 is 11.7 Å². The molecule has 2 aromatic rings. The van der Waals surface area contributed by atoms with E-state index in [1.54, 1.807) is 0 Å². The molecule has 2 aromatic carbocycles. The topological polar surface area (TPSA) is 41.8 Å². The Morgan fingerprint density at radius 3 is 2.25 bits per heavy atom. The largest absolute Gasteiger partial charge is 0.358 e. The Balaban J connectivity index is 2.07. The van der Waals surface area contributed by atoms with Crippen LogP contribution in [-0.2, 0) is 4.84 Å². The summed E-state index contributed by atoms with van der Waals surface area (Å²) in [5.74, 6) is -1.95. The normalized spacial score (nSPS) is 25.1. The van der Waals surface area contributed by atoms with Gasteiger partial charge in [-0.1, -0.05) is 65.8 Å². The second-order valence-electron chi connectivity index (χ2n) is 4.76. The molecule has 3 rings (SSSR count). The number of nitrogens with zero attached hydrogens (tertiary/aromatic N) is 1. The first kappa shape index (κ1) is 13.2. The third-order valence-corrected chi connectivity index (χ3v) is 3.80. The maximum atomic E-state index is 10.6. The molecule has 1 heterocycles. The number of alkyl halides is 1. The maximum Gasteiger partial charge on any atom is 0.260 e. The van der Waals surface area contributed by atoms with Crippen molar-refractivity contribution in [3.63, 3.8) is 0 Å². The molecule has 1 aliphatic rings. The van der Waals surface area contributed by atoms with Gasteiger partial charge in [0.2, 0.25) is 0 Å². The fourth-order valence-corrected chi connectivity index (χ4v) is 2.64. The Morgan fingerprint density at radius 1 is 1.05 bits per heavy atom. The number of halogens is 1. The number of aliphatic hydroxyl groups is 1. The van der Waals surface area contributed by atoms with Gasteiger partial charge in [0, 0.05) is 5.56 Å². The van der Waals surface area contributed by atoms with Crippen LogP contribution in [0.3, 0.4) is 0 Å². The third-order valence-electron chi connectivity index (χ3n) is 3.42. The molecular weight excluding hydrogens is 274 g/mol. The van der Waals surface area contributed by atoms with Crippen molar-refractivity contribution < 1.29 is 9.94 Å². The molecule has 0 spiro atoms. The Bertz CT molecular complexity index is 615. The molecule has 0 saturated carbocycles. The molecular formula is C16H14ClNO2. The van der Waals surface area contributed by atoms with Gasteiger partial charge in [-0.25, -0.2) is 0 Å². The minimum absolute atomic E-state index is 0.0492. The molecule has 1 N–H and O–H groups in total. The van der Waals surface area contributed by atoms with E-state index >= 15 is 0 Å². The Labute approximate surface area is 122 Å². The van der Waals surface area contributed by atoms with Crippen molar-refractivity contribution >= 4 is 17.3 Å². The van der Waals surface area contributed by atoms with Gasteiger partial charge in [0.15, 0.2) is 0 Å². The number of hydrogen-bond acceptors (Lipinski definition) is 3. The zero-order valence-corrected chi connectivity index (χ0v) is 11.5. The van der Waals surface area contributed by atoms with E-state index in [2.05, 4.69) is 5.16 Å². The second-order valence-corrected chi connectivity index (χ2v) is 5.02. The zero-order valence-electron chi connectivity index (χ0n) is 10.7. The molecule has 2 atom stereocenters. The summed E-state index contributed by atoms with van der Waals surface area (Å²) in [4.78, 5) is 5.24. The van der Waals surface area contributed by atoms with Crippen LogP contribution in [0.15, 0.2) is 65.8 Å². The lowest BCUT2D eigenvalue weighted by molar-refractivity contribution is -0.176. The number of benzene rings is 2. The lowest BCUT2D eigenvalue weighted by Gasteiger charge is -2.26. The predicted molar refractivity (Wildman–Crippen MR) is 78.9 cm³/mol. The average Bonchev–Trinajstić information content (AvgIpc) is 2.87. The molecule has 0 aromatic heterocycles. The molecule has 4 heteroatoms. The fraction of sp³-hybridized carbons (Fsp3) is 0.188. The summed E-state index contributed by atoms with van der Waals surface area (Å²) >= 11 is 5.90. The van der Waals surface area contributed by atoms with Gasteiger partial charge in [0.25, 0.3) is 5.79 Å². The van der Waals surface area contributed by atoms with Gasteiger partial charge >= 0.3 is 0 Å². The van der Waals surface area contributed by atoms with E-state index in [4.69, 9.17) is 16.4 Å². The lowest BCUT2D eigenvalue weighted by Crippen LogP contribution is -2.39. The second kappa shape index (κ2) is 5.27. The number of oxime groups is 1. The highest BCUT2D eigenvalue weighted by Gasteiger charge is 2.48. The Hall–Kier alpha value is -1.84. The third kappa shape index (κ3) is 2.19. The first-order valence-corrected chi connectivity index (χ1v) is 6.93. The molecule has 3 nitrogen and oxygen atoms in total. The highest BCUT2D eigenvalue weighted by Crippen LogP contribution is 2.39. The maximum absolute atomic E-state index is 10.6. The quantitative estimate of drug-likeness (QED) is 0.881. The van der Waals surface area contributed by atoms with E-state index in [-0.39, 0.29) is 5.88 Å². The van der Waals surface area contributed by atoms with Crippen LogP contribution in [0.5, 0.6) is 0 Å². The van der Waals surface area contributed by atoms with Crippen molar-refractivity contribution in [3.05, 3.63) is 71.8 Å². The zero-order chi connectivity index (χ0) is 14.0. The van der Waals surface area contributed by atoms with E-state index in [9.17, 15) is 5.11 Å². The van der Waals surface area contributed by atoms with Crippen LogP contribution in [0, 0.1) is 0 Å². The Kier molecular flexibility index (Phi) is 3.47. The van der Waals surface area contributed by atoms with Gasteiger partial charge in [-0.3, -0.25) is 0 Å². The van der Waals surface area contributed by atoms with E-state index in [0.717, 1.165) is 11.1 Å². The molecule has 102 valence electrons. The van der Waals surface area contributed by atoms with Crippen LogP contribution in [-0.4, -0.2) is 22.5 Å². The molecule has 0 amide bonds. The van der Waals surface area contributed by atoms with Gasteiger partial charge in [0.05, 0.1) is 11.8 Å². The van der Waals surface area contributed by atoms with Crippen LogP contribution in [0.4, 0.5) is 0 Å². The van der Waals surface area contributed by atoms with Crippen LogP contribution in [0.2, 0.25) is 0 Å². The molecule has 0 radical (unpaired) electrons. The number of rotatable bonds is 3. The van der Waals surface area contributed by atoms with Crippen molar-refractivity contribution in [2.75, 3.05) is 5.88 Å². The summed E-state index contributed by atoms with van der Waals surface area (Å²) in [5.41, 5.74) is 2.54. The van der Waals surface area contributed by atoms with Crippen molar-refractivity contribution in [1.29, 1.82) is 0 Å². The van der Waals surface area contributed by atoms with Crippen LogP contribution >= 0.6 is 11.6 Å². The highest BCUT2D eigenvalue weighted by molar-refractivity contribution is 6.19. The summed E-state index contributed by atoms with van der Waals surface area (Å²) in [5, 5.41) is 14.6. The summed E-state index contributed by atoms with van der Waals surface area (Å²) in [6.07, 6.45) is 0. The average molecular weight is 288 g/mol. The van der Waals surface area contributed by atoms with Crippen molar-refractivity contribution in [1.82, 2.24) is 0 Å². The monoisotopic (exact) mass is 287 g/mol. The van der Waals surface area contributed by atoms with Gasteiger partial charge in [-0.15, -0.1) is 11.6 Å². The molecule has 20 heavy (non-hydrogen) atoms. The standard InChI is InChI=1S/C16H14ClNO2/c17-11-16(19)14(12-7-3-1-4-8-12)15(18-20-16)13-9-5-2-6-10-13/h1-10,14,19H,11H2. The van der Waals surface area contributed by atoms with Gasteiger partial charge in [-0.05, 0) is 5.56 Å². The smallest absolute Gasteiger partial charge is 0.260 e. The summed E-state index contributed by atoms with van der Waals surface area (Å²) in [7, 11) is 0. The fourth-order valence-electron chi connectivity index (χ4n) is 2.44. The van der Waals surface area contributed by atoms with Crippen molar-refractivity contribution in [3.8, 4) is 0 Å².